The summed E-state index contributed by atoms with van der Waals surface area (Å²) in [6.07, 6.45) is 0.494. The molecular formula is C37H55ClN4O10. The van der Waals surface area contributed by atoms with Crippen LogP contribution < -0.4 is 20.3 Å². The molecule has 1 aromatic rings. The number of nitrogens with zero attached hydrogens (tertiary/aromatic N) is 2. The summed E-state index contributed by atoms with van der Waals surface area (Å²) in [6, 6.07) is 2.54. The predicted molar refractivity (Wildman–Crippen MR) is 196 cm³/mol. The Bertz CT molecular complexity index is 1500. The molecule has 14 nitrogen and oxygen atoms in total. The molecule has 0 aromatic heterocycles. The fourth-order valence-corrected chi connectivity index (χ4v) is 6.72. The molecule has 3 amide bonds. The highest BCUT2D eigenvalue weighted by atomic mass is 35.5. The second-order valence-corrected chi connectivity index (χ2v) is 14.2. The van der Waals surface area contributed by atoms with Crippen molar-refractivity contribution in [2.24, 2.45) is 11.8 Å². The molecule has 2 heterocycles. The molecule has 0 radical (unpaired) electrons. The van der Waals surface area contributed by atoms with Gasteiger partial charge in [-0.05, 0) is 58.0 Å². The fraction of sp³-hybridized carbons (Fsp3) is 0.622. The standard InChI is InChI=1S/C37H55ClN4O10/c1-21-12-10-13-30(50-9)37(48)20-29(52-36(47)40-37)23(3)34(45)22(2)27(51-35(46)24(4)41(6)31(43)14-11-15-39-5)19-32(44)42(7)26-17-25(16-21)18-28(49-8)33(26)38/h10,12-13,17-18,22-24,27,29-30,34,39,45,48H,11,14-16,19-20H2,1-9H3,(H,40,47)/b13-10+,21-12+/t22-,23+,24-,27-,29-,30+,34?,37-/m0/s1. The Morgan fingerprint density at radius 1 is 1.23 bits per heavy atom. The summed E-state index contributed by atoms with van der Waals surface area (Å²) in [5, 5.41) is 29.1. The van der Waals surface area contributed by atoms with Gasteiger partial charge in [-0.3, -0.25) is 14.9 Å². The largest absolute Gasteiger partial charge is 0.495 e. The maximum atomic E-state index is 14.0. The van der Waals surface area contributed by atoms with Crippen molar-refractivity contribution in [3.05, 3.63) is 46.5 Å². The van der Waals surface area contributed by atoms with Gasteiger partial charge in [-0.1, -0.05) is 49.2 Å². The van der Waals surface area contributed by atoms with E-state index in [9.17, 15) is 29.4 Å². The van der Waals surface area contributed by atoms with Crippen LogP contribution in [0.3, 0.4) is 0 Å². The monoisotopic (exact) mass is 750 g/mol. The van der Waals surface area contributed by atoms with Crippen LogP contribution in [0.2, 0.25) is 5.02 Å². The van der Waals surface area contributed by atoms with Crippen molar-refractivity contribution in [1.29, 1.82) is 0 Å². The van der Waals surface area contributed by atoms with Crippen molar-refractivity contribution in [3.8, 4) is 5.75 Å². The van der Waals surface area contributed by atoms with E-state index in [1.807, 2.05) is 13.0 Å². The number of hydrogen-bond donors (Lipinski definition) is 4. The Morgan fingerprint density at radius 3 is 2.56 bits per heavy atom. The maximum Gasteiger partial charge on any atom is 0.409 e. The van der Waals surface area contributed by atoms with Gasteiger partial charge in [-0.2, -0.15) is 0 Å². The molecule has 0 aliphatic carbocycles. The lowest BCUT2D eigenvalue weighted by molar-refractivity contribution is -0.167. The molecule has 8 atom stereocenters. The fourth-order valence-electron chi connectivity index (χ4n) is 6.40. The lowest BCUT2D eigenvalue weighted by atomic mass is 9.81. The first-order chi connectivity index (χ1) is 24.5. The molecule has 3 rings (SSSR count). The van der Waals surface area contributed by atoms with Crippen LogP contribution in [0, 0.1) is 11.8 Å². The minimum Gasteiger partial charge on any atom is -0.495 e. The third-order valence-corrected chi connectivity index (χ3v) is 10.4. The van der Waals surface area contributed by atoms with Crippen LogP contribution in [0.5, 0.6) is 5.75 Å². The van der Waals surface area contributed by atoms with Crippen molar-refractivity contribution in [3.63, 3.8) is 0 Å². The van der Waals surface area contributed by atoms with Gasteiger partial charge in [0, 0.05) is 45.9 Å². The summed E-state index contributed by atoms with van der Waals surface area (Å²) < 4.78 is 22.7. The predicted octanol–water partition coefficient (Wildman–Crippen LogP) is 3.35. The van der Waals surface area contributed by atoms with E-state index < -0.39 is 66.0 Å². The molecule has 4 N–H and O–H groups in total. The molecular weight excluding hydrogens is 696 g/mol. The summed E-state index contributed by atoms with van der Waals surface area (Å²) in [5.41, 5.74) is 0.166. The van der Waals surface area contributed by atoms with Crippen LogP contribution >= 0.6 is 11.6 Å². The van der Waals surface area contributed by atoms with E-state index in [0.717, 1.165) is 11.1 Å². The van der Waals surface area contributed by atoms with Gasteiger partial charge in [-0.15, -0.1) is 0 Å². The Kier molecular flexibility index (Phi) is 15.5. The van der Waals surface area contributed by atoms with E-state index in [2.05, 4.69) is 10.6 Å². The molecule has 2 aliphatic rings. The zero-order valence-corrected chi connectivity index (χ0v) is 32.4. The maximum absolute atomic E-state index is 14.0. The number of carbonyl (C=O) groups excluding carboxylic acids is 4. The summed E-state index contributed by atoms with van der Waals surface area (Å²) in [5.74, 6) is -2.85. The number of rotatable bonds is 9. The number of halogens is 1. The second kappa shape index (κ2) is 18.9. The third-order valence-electron chi connectivity index (χ3n) is 10.0. The Labute approximate surface area is 311 Å². The molecule has 290 valence electrons. The zero-order valence-electron chi connectivity index (χ0n) is 31.6. The van der Waals surface area contributed by atoms with Gasteiger partial charge in [0.25, 0.3) is 0 Å². The van der Waals surface area contributed by atoms with Crippen molar-refractivity contribution in [2.75, 3.05) is 46.8 Å². The van der Waals surface area contributed by atoms with Crippen LogP contribution in [0.25, 0.3) is 0 Å². The number of benzene rings is 1. The minimum atomic E-state index is -1.89. The quantitative estimate of drug-likeness (QED) is 0.215. The summed E-state index contributed by atoms with van der Waals surface area (Å²) in [6.45, 7) is 7.33. The summed E-state index contributed by atoms with van der Waals surface area (Å²) >= 11 is 6.72. The highest BCUT2D eigenvalue weighted by Crippen LogP contribution is 2.38. The summed E-state index contributed by atoms with van der Waals surface area (Å²) in [4.78, 5) is 55.9. The normalized spacial score (nSPS) is 29.5. The minimum absolute atomic E-state index is 0.150. The molecule has 4 bridgehead atoms. The number of aliphatic hydroxyl groups excluding tert-OH is 1. The van der Waals surface area contributed by atoms with Gasteiger partial charge >= 0.3 is 12.1 Å². The molecule has 1 fully saturated rings. The topological polar surface area (TPSA) is 176 Å². The first-order valence-electron chi connectivity index (χ1n) is 17.5. The highest BCUT2D eigenvalue weighted by molar-refractivity contribution is 6.35. The van der Waals surface area contributed by atoms with Gasteiger partial charge in [0.2, 0.25) is 11.8 Å². The number of esters is 1. The second-order valence-electron chi connectivity index (χ2n) is 13.8. The molecule has 2 aliphatic heterocycles. The number of fused-ring (bicyclic) bond motifs is 4. The SMILES string of the molecule is CNCCCC(=O)N(C)[C@@H](C)C(=O)O[C@H]1CC(=O)N(C)c2cc(cc(OC)c2Cl)C/C(C)=C/C=C/[C@@H](OC)[C@@]2(O)C[C@H](OC(=O)N2)[C@@H](C)C(O)[C@H]1C. The van der Waals surface area contributed by atoms with Crippen molar-refractivity contribution < 1.29 is 48.3 Å². The van der Waals surface area contributed by atoms with Crippen molar-refractivity contribution in [2.45, 2.75) is 96.0 Å². The van der Waals surface area contributed by atoms with E-state index in [0.29, 0.717) is 30.8 Å². The lowest BCUT2D eigenvalue weighted by Crippen LogP contribution is -2.64. The first kappa shape index (κ1) is 42.7. The van der Waals surface area contributed by atoms with Crippen molar-refractivity contribution in [1.82, 2.24) is 15.5 Å². The summed E-state index contributed by atoms with van der Waals surface area (Å²) in [7, 11) is 7.71. The number of alkyl carbamates (subject to hydrolysis) is 1. The average Bonchev–Trinajstić information content (AvgIpc) is 3.10. The number of likely N-dealkylation sites (N-methyl/N-ethyl adjacent to an activating group) is 1. The van der Waals surface area contributed by atoms with Gasteiger partial charge in [0.15, 0.2) is 5.72 Å². The molecule has 1 aromatic carbocycles. The highest BCUT2D eigenvalue weighted by Gasteiger charge is 2.48. The van der Waals surface area contributed by atoms with Gasteiger partial charge < -0.3 is 44.3 Å². The molecule has 1 unspecified atom stereocenters. The average molecular weight is 751 g/mol. The molecule has 52 heavy (non-hydrogen) atoms. The number of carbonyl (C=O) groups is 4. The Morgan fingerprint density at radius 2 is 1.92 bits per heavy atom. The lowest BCUT2D eigenvalue weighted by Gasteiger charge is -2.43. The van der Waals surface area contributed by atoms with Gasteiger partial charge in [0.05, 0.1) is 25.3 Å². The van der Waals surface area contributed by atoms with Crippen LogP contribution in [0.4, 0.5) is 10.5 Å². The van der Waals surface area contributed by atoms with Gasteiger partial charge in [0.1, 0.15) is 35.1 Å². The van der Waals surface area contributed by atoms with E-state index in [4.69, 9.17) is 30.5 Å². The first-order valence-corrected chi connectivity index (χ1v) is 17.8. The van der Waals surface area contributed by atoms with Crippen LogP contribution in [0.15, 0.2) is 35.9 Å². The zero-order chi connectivity index (χ0) is 38.9. The Hall–Kier alpha value is -3.69. The van der Waals surface area contributed by atoms with E-state index in [1.54, 1.807) is 52.2 Å². The Balaban J connectivity index is 2.09. The number of allylic oxidation sites excluding steroid dienone is 3. The van der Waals surface area contributed by atoms with Gasteiger partial charge in [-0.25, -0.2) is 9.59 Å². The number of ether oxygens (including phenoxy) is 4. The third kappa shape index (κ3) is 10.5. The van der Waals surface area contributed by atoms with Crippen molar-refractivity contribution >= 4 is 41.2 Å². The van der Waals surface area contributed by atoms with Crippen LogP contribution in [-0.4, -0.2) is 117 Å². The molecule has 0 spiro atoms. The molecule has 15 heteroatoms. The molecule has 0 saturated carbocycles. The number of methoxy groups -OCH3 is 2. The molecule has 1 saturated heterocycles. The van der Waals surface area contributed by atoms with Crippen LogP contribution in [-0.2, 0) is 35.0 Å². The van der Waals surface area contributed by atoms with Crippen LogP contribution in [0.1, 0.15) is 58.9 Å². The van der Waals surface area contributed by atoms with E-state index in [1.165, 1.54) is 38.0 Å². The smallest absolute Gasteiger partial charge is 0.409 e. The number of nitrogens with one attached hydrogen (secondary N) is 2. The van der Waals surface area contributed by atoms with E-state index in [-0.39, 0.29) is 30.2 Å². The van der Waals surface area contributed by atoms with E-state index >= 15 is 0 Å². The number of anilines is 1. The number of aliphatic hydroxyl groups is 2. The number of amides is 3. The number of hydrogen-bond acceptors (Lipinski definition) is 11.